The molecule has 0 aromatic heterocycles. The van der Waals surface area contributed by atoms with Crippen LogP contribution in [0.25, 0.3) is 0 Å². The van der Waals surface area contributed by atoms with Crippen LogP contribution in [0.3, 0.4) is 0 Å². The van der Waals surface area contributed by atoms with E-state index in [4.69, 9.17) is 21.1 Å². The maximum atomic E-state index is 5.80. The second kappa shape index (κ2) is 11.2. The molecule has 2 nitrogen and oxygen atoms in total. The third-order valence-corrected chi connectivity index (χ3v) is 1.65. The molecule has 0 bridgehead atoms. The van der Waals surface area contributed by atoms with Crippen LogP contribution in [0, 0.1) is 0 Å². The van der Waals surface area contributed by atoms with Gasteiger partial charge in [-0.15, -0.1) is 0 Å². The summed E-state index contributed by atoms with van der Waals surface area (Å²) in [6.45, 7) is 8.00. The number of benzene rings is 1. The lowest BCUT2D eigenvalue weighted by Crippen LogP contribution is -1.86. The molecule has 0 unspecified atom stereocenters. The number of hydrogen-bond acceptors (Lipinski definition) is 2. The highest BCUT2D eigenvalue weighted by Gasteiger charge is 2.00. The van der Waals surface area contributed by atoms with E-state index < -0.39 is 0 Å². The van der Waals surface area contributed by atoms with Gasteiger partial charge in [0.05, 0.1) is 19.2 Å². The summed E-state index contributed by atoms with van der Waals surface area (Å²) in [5.41, 5.74) is 0. The molecule has 1 aromatic rings. The molecule has 1 rings (SSSR count). The van der Waals surface area contributed by atoms with Crippen molar-refractivity contribution in [3.63, 3.8) is 0 Å². The van der Waals surface area contributed by atoms with Crippen LogP contribution in [-0.4, -0.2) is 14.2 Å². The minimum absolute atomic E-state index is 0.562. The Morgan fingerprint density at radius 2 is 1.47 bits per heavy atom. The molecule has 1 aromatic carbocycles. The van der Waals surface area contributed by atoms with Crippen LogP contribution in [0.15, 0.2) is 18.2 Å². The standard InChI is InChI=1S/C8H9ClO2.2C2H6/c1-10-6-3-4-8(11-2)7(9)5-6;2*1-2/h3-5H,1-2H3;2*1-2H3. The highest BCUT2D eigenvalue weighted by molar-refractivity contribution is 6.32. The number of methoxy groups -OCH3 is 2. The zero-order chi connectivity index (χ0) is 12.3. The van der Waals surface area contributed by atoms with Crippen LogP contribution in [0.2, 0.25) is 5.02 Å². The van der Waals surface area contributed by atoms with E-state index in [0.29, 0.717) is 10.8 Å². The molecular weight excluding hydrogens is 212 g/mol. The average molecular weight is 233 g/mol. The fourth-order valence-corrected chi connectivity index (χ4v) is 1.02. The second-order valence-corrected chi connectivity index (χ2v) is 2.41. The van der Waals surface area contributed by atoms with E-state index in [1.54, 1.807) is 32.4 Å². The summed E-state index contributed by atoms with van der Waals surface area (Å²) in [6, 6.07) is 5.27. The lowest BCUT2D eigenvalue weighted by Gasteiger charge is -2.04. The predicted octanol–water partition coefficient (Wildman–Crippen LogP) is 4.41. The highest BCUT2D eigenvalue weighted by Crippen LogP contribution is 2.27. The Morgan fingerprint density at radius 3 is 1.80 bits per heavy atom. The molecule has 3 heteroatoms. The van der Waals surface area contributed by atoms with Crippen molar-refractivity contribution < 1.29 is 9.47 Å². The van der Waals surface area contributed by atoms with Crippen molar-refractivity contribution in [1.29, 1.82) is 0 Å². The largest absolute Gasteiger partial charge is 0.497 e. The Morgan fingerprint density at radius 1 is 0.933 bits per heavy atom. The normalized spacial score (nSPS) is 7.67. The Labute approximate surface area is 98.2 Å². The van der Waals surface area contributed by atoms with E-state index in [1.807, 2.05) is 27.7 Å². The molecule has 88 valence electrons. The molecule has 0 atom stereocenters. The van der Waals surface area contributed by atoms with Crippen LogP contribution in [0.1, 0.15) is 27.7 Å². The Kier molecular flexibility index (Phi) is 12.3. The van der Waals surface area contributed by atoms with Crippen molar-refractivity contribution in [3.8, 4) is 11.5 Å². The van der Waals surface area contributed by atoms with E-state index in [9.17, 15) is 0 Å². The van der Waals surface area contributed by atoms with Crippen molar-refractivity contribution in [1.82, 2.24) is 0 Å². The van der Waals surface area contributed by atoms with E-state index in [1.165, 1.54) is 0 Å². The van der Waals surface area contributed by atoms with Gasteiger partial charge in [0.25, 0.3) is 0 Å². The molecular formula is C12H21ClO2. The van der Waals surface area contributed by atoms with Gasteiger partial charge in [0.1, 0.15) is 11.5 Å². The summed E-state index contributed by atoms with van der Waals surface area (Å²) in [4.78, 5) is 0. The Balaban J connectivity index is 0. The number of ether oxygens (including phenoxy) is 2. The third kappa shape index (κ3) is 6.24. The smallest absolute Gasteiger partial charge is 0.137 e. The van der Waals surface area contributed by atoms with Gasteiger partial charge in [-0.3, -0.25) is 0 Å². The first-order chi connectivity index (χ1) is 7.27. The minimum atomic E-state index is 0.562. The first kappa shape index (κ1) is 16.5. The Bertz CT molecular complexity index is 249. The third-order valence-electron chi connectivity index (χ3n) is 1.36. The molecule has 0 aliphatic rings. The Hall–Kier alpha value is -0.890. The van der Waals surface area contributed by atoms with Gasteiger partial charge >= 0.3 is 0 Å². The summed E-state index contributed by atoms with van der Waals surface area (Å²) in [6.07, 6.45) is 0. The lowest BCUT2D eigenvalue weighted by molar-refractivity contribution is 0.403. The second-order valence-electron chi connectivity index (χ2n) is 2.00. The first-order valence-electron chi connectivity index (χ1n) is 5.15. The highest BCUT2D eigenvalue weighted by atomic mass is 35.5. The molecule has 0 heterocycles. The van der Waals surface area contributed by atoms with Crippen LogP contribution in [0.5, 0.6) is 11.5 Å². The van der Waals surface area contributed by atoms with Crippen molar-refractivity contribution in [2.45, 2.75) is 27.7 Å². The number of halogens is 1. The van der Waals surface area contributed by atoms with Crippen LogP contribution >= 0.6 is 11.6 Å². The molecule has 0 saturated carbocycles. The molecule has 15 heavy (non-hydrogen) atoms. The molecule has 0 saturated heterocycles. The fraction of sp³-hybridized carbons (Fsp3) is 0.500. The van der Waals surface area contributed by atoms with Crippen molar-refractivity contribution in [2.75, 3.05) is 14.2 Å². The van der Waals surface area contributed by atoms with Gasteiger partial charge < -0.3 is 9.47 Å². The molecule has 0 aliphatic heterocycles. The topological polar surface area (TPSA) is 18.5 Å². The fourth-order valence-electron chi connectivity index (χ4n) is 0.774. The van der Waals surface area contributed by atoms with Gasteiger partial charge in [0, 0.05) is 6.07 Å². The van der Waals surface area contributed by atoms with Gasteiger partial charge in [0.15, 0.2) is 0 Å². The van der Waals surface area contributed by atoms with E-state index >= 15 is 0 Å². The quantitative estimate of drug-likeness (QED) is 0.752. The maximum Gasteiger partial charge on any atom is 0.137 e. The SMILES string of the molecule is CC.CC.COc1ccc(OC)c(Cl)c1. The van der Waals surface area contributed by atoms with Crippen LogP contribution in [0.4, 0.5) is 0 Å². The molecule has 0 amide bonds. The molecule has 0 fully saturated rings. The van der Waals surface area contributed by atoms with E-state index in [0.717, 1.165) is 5.75 Å². The van der Waals surface area contributed by atoms with Crippen molar-refractivity contribution in [3.05, 3.63) is 23.2 Å². The van der Waals surface area contributed by atoms with E-state index in [2.05, 4.69) is 0 Å². The monoisotopic (exact) mass is 232 g/mol. The summed E-state index contributed by atoms with van der Waals surface area (Å²) in [5, 5.41) is 0.562. The first-order valence-corrected chi connectivity index (χ1v) is 5.53. The summed E-state index contributed by atoms with van der Waals surface area (Å²) < 4.78 is 9.91. The van der Waals surface area contributed by atoms with E-state index in [-0.39, 0.29) is 0 Å². The van der Waals surface area contributed by atoms with Crippen LogP contribution < -0.4 is 9.47 Å². The number of rotatable bonds is 2. The van der Waals surface area contributed by atoms with Gasteiger partial charge in [-0.2, -0.15) is 0 Å². The number of hydrogen-bond donors (Lipinski definition) is 0. The van der Waals surface area contributed by atoms with Gasteiger partial charge in [-0.1, -0.05) is 39.3 Å². The van der Waals surface area contributed by atoms with Crippen molar-refractivity contribution in [2.24, 2.45) is 0 Å². The summed E-state index contributed by atoms with van der Waals surface area (Å²) >= 11 is 5.80. The molecule has 0 spiro atoms. The minimum Gasteiger partial charge on any atom is -0.497 e. The maximum absolute atomic E-state index is 5.80. The predicted molar refractivity (Wildman–Crippen MR) is 67.3 cm³/mol. The van der Waals surface area contributed by atoms with Crippen LogP contribution in [-0.2, 0) is 0 Å². The summed E-state index contributed by atoms with van der Waals surface area (Å²) in [7, 11) is 3.17. The average Bonchev–Trinajstić information content (AvgIpc) is 2.34. The van der Waals surface area contributed by atoms with Crippen molar-refractivity contribution >= 4 is 11.6 Å². The summed E-state index contributed by atoms with van der Waals surface area (Å²) in [5.74, 6) is 1.39. The van der Waals surface area contributed by atoms with Gasteiger partial charge in [-0.25, -0.2) is 0 Å². The molecule has 0 N–H and O–H groups in total. The van der Waals surface area contributed by atoms with Gasteiger partial charge in [0.2, 0.25) is 0 Å². The molecule has 0 radical (unpaired) electrons. The zero-order valence-corrected chi connectivity index (χ0v) is 11.2. The zero-order valence-electron chi connectivity index (χ0n) is 10.4. The molecule has 0 aliphatic carbocycles. The van der Waals surface area contributed by atoms with Gasteiger partial charge in [-0.05, 0) is 12.1 Å². The lowest BCUT2D eigenvalue weighted by atomic mass is 10.3.